The summed E-state index contributed by atoms with van der Waals surface area (Å²) in [4.78, 5) is 2.42. The van der Waals surface area contributed by atoms with Gasteiger partial charge in [0.2, 0.25) is 0 Å². The Kier molecular flexibility index (Phi) is 2.47. The van der Waals surface area contributed by atoms with E-state index in [1.807, 2.05) is 0 Å². The molecule has 2 rings (SSSR count). The van der Waals surface area contributed by atoms with Gasteiger partial charge in [0.25, 0.3) is 0 Å². The molecule has 0 aromatic heterocycles. The summed E-state index contributed by atoms with van der Waals surface area (Å²) in [5, 5.41) is 1.35. The summed E-state index contributed by atoms with van der Waals surface area (Å²) in [5.74, 6) is 0. The van der Waals surface area contributed by atoms with E-state index in [2.05, 4.69) is 55.4 Å². The predicted octanol–water partition coefficient (Wildman–Crippen LogP) is 3.44. The first-order valence-electron chi connectivity index (χ1n) is 5.55. The minimum Gasteiger partial charge on any atom is -0.349 e. The Labute approximate surface area is 93.4 Å². The number of para-hydroxylation sites is 1. The summed E-state index contributed by atoms with van der Waals surface area (Å²) >= 11 is 0. The number of benzene rings is 1. The number of nitrogens with zero attached hydrogens (tertiary/aromatic N) is 1. The highest BCUT2D eigenvalue weighted by atomic mass is 28.3. The van der Waals surface area contributed by atoms with Crippen molar-refractivity contribution in [2.45, 2.75) is 26.1 Å². The van der Waals surface area contributed by atoms with Crippen LogP contribution < -0.4 is 4.90 Å². The molecule has 1 heterocycles. The molecule has 1 aromatic carbocycles. The molecule has 0 spiro atoms. The number of hydrogen-bond donors (Lipinski definition) is 0. The van der Waals surface area contributed by atoms with E-state index in [1.165, 1.54) is 23.0 Å². The smallest absolute Gasteiger partial charge is 0.0976 e. The van der Waals surface area contributed by atoms with Crippen LogP contribution in [0.4, 0.5) is 5.69 Å². The van der Waals surface area contributed by atoms with Gasteiger partial charge in [0.1, 0.15) is 0 Å². The van der Waals surface area contributed by atoms with E-state index in [4.69, 9.17) is 0 Å². The Bertz CT molecular complexity index is 390. The first kappa shape index (κ1) is 10.5. The minimum absolute atomic E-state index is 1.11. The number of anilines is 1. The summed E-state index contributed by atoms with van der Waals surface area (Å²) in [6, 6.07) is 8.69. The van der Waals surface area contributed by atoms with Crippen LogP contribution in [0.3, 0.4) is 0 Å². The highest BCUT2D eigenvalue weighted by Crippen LogP contribution is 2.32. The zero-order chi connectivity index (χ0) is 11.1. The van der Waals surface area contributed by atoms with E-state index in [-0.39, 0.29) is 0 Å². The quantitative estimate of drug-likeness (QED) is 0.686. The average molecular weight is 217 g/mol. The molecule has 1 aliphatic rings. The average Bonchev–Trinajstić information content (AvgIpc) is 2.58. The fraction of sp³-hybridized carbons (Fsp3) is 0.385. The molecule has 2 heteroatoms. The van der Waals surface area contributed by atoms with Crippen LogP contribution in [0.25, 0.3) is 0 Å². The maximum Gasteiger partial charge on any atom is 0.0976 e. The lowest BCUT2D eigenvalue weighted by Crippen LogP contribution is -2.36. The van der Waals surface area contributed by atoms with Gasteiger partial charge in [0, 0.05) is 12.2 Å². The van der Waals surface area contributed by atoms with Crippen molar-refractivity contribution in [3.8, 4) is 0 Å². The van der Waals surface area contributed by atoms with Gasteiger partial charge in [-0.25, -0.2) is 0 Å². The van der Waals surface area contributed by atoms with Crippen molar-refractivity contribution < 1.29 is 0 Å². The summed E-state index contributed by atoms with van der Waals surface area (Å²) < 4.78 is 0. The van der Waals surface area contributed by atoms with E-state index in [0.717, 1.165) is 6.54 Å². The van der Waals surface area contributed by atoms with Crippen molar-refractivity contribution in [3.05, 3.63) is 41.7 Å². The second-order valence-electron chi connectivity index (χ2n) is 5.23. The van der Waals surface area contributed by atoms with Gasteiger partial charge in [0.15, 0.2) is 0 Å². The molecular weight excluding hydrogens is 198 g/mol. The predicted molar refractivity (Wildman–Crippen MR) is 70.0 cm³/mol. The number of rotatable bonds is 2. The van der Waals surface area contributed by atoms with Gasteiger partial charge in [-0.2, -0.15) is 0 Å². The molecule has 0 unspecified atom stereocenters. The molecule has 1 aromatic rings. The van der Waals surface area contributed by atoms with Gasteiger partial charge in [0.05, 0.1) is 8.07 Å². The van der Waals surface area contributed by atoms with Crippen LogP contribution in [-0.4, -0.2) is 14.6 Å². The standard InChI is InChI=1S/C13H19NSi/c1-11(15(2,3)4)14-10-9-12-7-5-6-8-13(12)14/h5-8H,1,9-10H2,2-4H3. The Balaban J connectivity index is 2.32. The van der Waals surface area contributed by atoms with Crippen molar-refractivity contribution >= 4 is 13.8 Å². The van der Waals surface area contributed by atoms with E-state index in [9.17, 15) is 0 Å². The van der Waals surface area contributed by atoms with Crippen molar-refractivity contribution in [1.29, 1.82) is 0 Å². The summed E-state index contributed by atoms with van der Waals surface area (Å²) in [7, 11) is -1.26. The molecule has 0 radical (unpaired) electrons. The molecule has 1 aliphatic heterocycles. The van der Waals surface area contributed by atoms with Crippen molar-refractivity contribution in [2.24, 2.45) is 0 Å². The van der Waals surface area contributed by atoms with Gasteiger partial charge < -0.3 is 4.90 Å². The van der Waals surface area contributed by atoms with Crippen LogP contribution in [0.1, 0.15) is 5.56 Å². The van der Waals surface area contributed by atoms with Gasteiger partial charge in [-0.3, -0.25) is 0 Å². The van der Waals surface area contributed by atoms with Gasteiger partial charge in [-0.05, 0) is 23.4 Å². The zero-order valence-electron chi connectivity index (χ0n) is 9.88. The van der Waals surface area contributed by atoms with Crippen LogP contribution >= 0.6 is 0 Å². The fourth-order valence-electron chi connectivity index (χ4n) is 2.02. The van der Waals surface area contributed by atoms with Gasteiger partial charge in [-0.15, -0.1) is 0 Å². The van der Waals surface area contributed by atoms with Gasteiger partial charge in [-0.1, -0.05) is 44.4 Å². The normalized spacial score (nSPS) is 15.3. The van der Waals surface area contributed by atoms with Crippen molar-refractivity contribution in [3.63, 3.8) is 0 Å². The van der Waals surface area contributed by atoms with Crippen LogP contribution in [0.2, 0.25) is 19.6 Å². The highest BCUT2D eigenvalue weighted by molar-refractivity contribution is 6.83. The summed E-state index contributed by atoms with van der Waals surface area (Å²) in [6.07, 6.45) is 1.17. The molecule has 0 saturated heterocycles. The minimum atomic E-state index is -1.26. The first-order valence-corrected chi connectivity index (χ1v) is 9.05. The molecule has 80 valence electrons. The van der Waals surface area contributed by atoms with E-state index in [0.29, 0.717) is 0 Å². The van der Waals surface area contributed by atoms with E-state index >= 15 is 0 Å². The van der Waals surface area contributed by atoms with Gasteiger partial charge >= 0.3 is 0 Å². The molecule has 0 saturated carbocycles. The fourth-order valence-corrected chi connectivity index (χ4v) is 3.07. The lowest BCUT2D eigenvalue weighted by atomic mass is 10.2. The van der Waals surface area contributed by atoms with E-state index in [1.54, 1.807) is 0 Å². The summed E-state index contributed by atoms with van der Waals surface area (Å²) in [6.45, 7) is 12.5. The molecule has 0 aliphatic carbocycles. The third kappa shape index (κ3) is 1.86. The van der Waals surface area contributed by atoms with Crippen molar-refractivity contribution in [1.82, 2.24) is 0 Å². The van der Waals surface area contributed by atoms with Crippen LogP contribution in [0.5, 0.6) is 0 Å². The molecule has 0 atom stereocenters. The molecule has 0 N–H and O–H groups in total. The lowest BCUT2D eigenvalue weighted by Gasteiger charge is -2.30. The highest BCUT2D eigenvalue weighted by Gasteiger charge is 2.28. The second kappa shape index (κ2) is 3.53. The maximum absolute atomic E-state index is 4.29. The molecule has 15 heavy (non-hydrogen) atoms. The van der Waals surface area contributed by atoms with E-state index < -0.39 is 8.07 Å². The molecular formula is C13H19NSi. The second-order valence-corrected chi connectivity index (χ2v) is 10.3. The number of hydrogen-bond acceptors (Lipinski definition) is 1. The Morgan fingerprint density at radius 3 is 2.60 bits per heavy atom. The van der Waals surface area contributed by atoms with Crippen LogP contribution in [0.15, 0.2) is 36.2 Å². The Hall–Kier alpha value is -1.02. The molecule has 1 nitrogen and oxygen atoms in total. The molecule has 0 fully saturated rings. The number of fused-ring (bicyclic) bond motifs is 1. The largest absolute Gasteiger partial charge is 0.349 e. The molecule has 0 amide bonds. The Morgan fingerprint density at radius 2 is 1.93 bits per heavy atom. The SMILES string of the molecule is C=C(N1CCc2ccccc21)[Si](C)(C)C. The van der Waals surface area contributed by atoms with Crippen LogP contribution in [-0.2, 0) is 6.42 Å². The third-order valence-electron chi connectivity index (χ3n) is 3.08. The Morgan fingerprint density at radius 1 is 1.27 bits per heavy atom. The zero-order valence-corrected chi connectivity index (χ0v) is 10.9. The maximum atomic E-state index is 4.29. The third-order valence-corrected chi connectivity index (χ3v) is 5.08. The monoisotopic (exact) mass is 217 g/mol. The molecule has 0 bridgehead atoms. The summed E-state index contributed by atoms with van der Waals surface area (Å²) in [5.41, 5.74) is 2.85. The first-order chi connectivity index (χ1) is 7.00. The lowest BCUT2D eigenvalue weighted by molar-refractivity contribution is 0.975. The topological polar surface area (TPSA) is 3.24 Å². The van der Waals surface area contributed by atoms with Crippen LogP contribution in [0, 0.1) is 0 Å². The van der Waals surface area contributed by atoms with Crippen molar-refractivity contribution in [2.75, 3.05) is 11.4 Å².